The monoisotopic (exact) mass is 200 g/mol. The molecule has 0 spiro atoms. The van der Waals surface area contributed by atoms with Crippen LogP contribution in [0.3, 0.4) is 0 Å². The third kappa shape index (κ3) is 2.96. The smallest absolute Gasteiger partial charge is 0.237 e. The van der Waals surface area contributed by atoms with E-state index in [9.17, 15) is 9.90 Å². The molecule has 1 aliphatic heterocycles. The number of aliphatic hydroxyl groups is 1. The first kappa shape index (κ1) is 11.5. The van der Waals surface area contributed by atoms with Gasteiger partial charge in [-0.25, -0.2) is 0 Å². The second kappa shape index (κ2) is 4.28. The van der Waals surface area contributed by atoms with E-state index < -0.39 is 5.60 Å². The highest BCUT2D eigenvalue weighted by Crippen LogP contribution is 2.13. The lowest BCUT2D eigenvalue weighted by atomic mass is 10.1. The molecule has 82 valence electrons. The van der Waals surface area contributed by atoms with E-state index >= 15 is 0 Å². The van der Waals surface area contributed by atoms with Gasteiger partial charge in [0.1, 0.15) is 0 Å². The van der Waals surface area contributed by atoms with Gasteiger partial charge in [-0.3, -0.25) is 9.69 Å². The first-order valence-corrected chi connectivity index (χ1v) is 5.18. The molecule has 14 heavy (non-hydrogen) atoms. The predicted octanol–water partition coefficient (Wildman–Crippen LogP) is -0.0323. The van der Waals surface area contributed by atoms with Crippen molar-refractivity contribution in [3.63, 3.8) is 0 Å². The van der Waals surface area contributed by atoms with Crippen LogP contribution in [-0.4, -0.2) is 47.2 Å². The standard InChI is InChI=1S/C10H20N2O2/c1-4-12(7-10(2,3)14)8-5-6-11-9(8)13/h8,14H,4-7H2,1-3H3,(H,11,13). The van der Waals surface area contributed by atoms with Gasteiger partial charge in [-0.2, -0.15) is 0 Å². The molecule has 0 aliphatic carbocycles. The van der Waals surface area contributed by atoms with Crippen LogP contribution in [0.2, 0.25) is 0 Å². The van der Waals surface area contributed by atoms with Gasteiger partial charge in [0.2, 0.25) is 5.91 Å². The Morgan fingerprint density at radius 1 is 1.64 bits per heavy atom. The van der Waals surface area contributed by atoms with Crippen LogP contribution in [-0.2, 0) is 4.79 Å². The second-order valence-corrected chi connectivity index (χ2v) is 4.47. The summed E-state index contributed by atoms with van der Waals surface area (Å²) < 4.78 is 0. The molecule has 1 heterocycles. The Hall–Kier alpha value is -0.610. The van der Waals surface area contributed by atoms with Crippen molar-refractivity contribution in [2.24, 2.45) is 0 Å². The molecule has 0 aromatic heterocycles. The van der Waals surface area contributed by atoms with E-state index in [1.54, 1.807) is 13.8 Å². The van der Waals surface area contributed by atoms with Gasteiger partial charge < -0.3 is 10.4 Å². The highest BCUT2D eigenvalue weighted by molar-refractivity contribution is 5.83. The normalized spacial score (nSPS) is 22.9. The molecule has 1 unspecified atom stereocenters. The molecule has 1 saturated heterocycles. The van der Waals surface area contributed by atoms with Crippen molar-refractivity contribution in [2.75, 3.05) is 19.6 Å². The molecule has 0 radical (unpaired) electrons. The molecule has 0 aromatic rings. The van der Waals surface area contributed by atoms with Crippen LogP contribution in [0.4, 0.5) is 0 Å². The van der Waals surface area contributed by atoms with Crippen molar-refractivity contribution in [1.82, 2.24) is 10.2 Å². The molecule has 0 aromatic carbocycles. The number of likely N-dealkylation sites (N-methyl/N-ethyl adjacent to an activating group) is 1. The molecular weight excluding hydrogens is 180 g/mol. The van der Waals surface area contributed by atoms with Crippen LogP contribution >= 0.6 is 0 Å². The van der Waals surface area contributed by atoms with Crippen LogP contribution in [0.1, 0.15) is 27.2 Å². The zero-order chi connectivity index (χ0) is 10.8. The number of carbonyl (C=O) groups is 1. The summed E-state index contributed by atoms with van der Waals surface area (Å²) in [6.07, 6.45) is 0.850. The second-order valence-electron chi connectivity index (χ2n) is 4.47. The van der Waals surface area contributed by atoms with Crippen molar-refractivity contribution in [1.29, 1.82) is 0 Å². The number of carbonyl (C=O) groups excluding carboxylic acids is 1. The molecule has 2 N–H and O–H groups in total. The van der Waals surface area contributed by atoms with E-state index in [4.69, 9.17) is 0 Å². The van der Waals surface area contributed by atoms with Gasteiger partial charge >= 0.3 is 0 Å². The summed E-state index contributed by atoms with van der Waals surface area (Å²) in [4.78, 5) is 13.5. The summed E-state index contributed by atoms with van der Waals surface area (Å²) in [5.74, 6) is 0.0936. The third-order valence-electron chi connectivity index (χ3n) is 2.46. The van der Waals surface area contributed by atoms with Crippen LogP contribution in [0, 0.1) is 0 Å². The van der Waals surface area contributed by atoms with E-state index in [1.165, 1.54) is 0 Å². The Bertz CT molecular complexity index is 211. The van der Waals surface area contributed by atoms with Gasteiger partial charge in [0, 0.05) is 13.1 Å². The average molecular weight is 200 g/mol. The fourth-order valence-corrected chi connectivity index (χ4v) is 1.87. The van der Waals surface area contributed by atoms with E-state index in [1.807, 2.05) is 11.8 Å². The van der Waals surface area contributed by atoms with Gasteiger partial charge in [-0.15, -0.1) is 0 Å². The summed E-state index contributed by atoms with van der Waals surface area (Å²) in [6.45, 7) is 7.64. The van der Waals surface area contributed by atoms with Crippen LogP contribution < -0.4 is 5.32 Å². The summed E-state index contributed by atoms with van der Waals surface area (Å²) in [6, 6.07) is -0.0496. The Morgan fingerprint density at radius 3 is 2.64 bits per heavy atom. The lowest BCUT2D eigenvalue weighted by Gasteiger charge is -2.31. The average Bonchev–Trinajstić information content (AvgIpc) is 2.45. The van der Waals surface area contributed by atoms with Crippen LogP contribution in [0.5, 0.6) is 0 Å². The molecule has 1 atom stereocenters. The van der Waals surface area contributed by atoms with Crippen molar-refractivity contribution < 1.29 is 9.90 Å². The Kier molecular flexibility index (Phi) is 3.50. The number of amides is 1. The van der Waals surface area contributed by atoms with E-state index in [2.05, 4.69) is 5.32 Å². The maximum atomic E-state index is 11.4. The molecule has 1 aliphatic rings. The number of hydrogen-bond acceptors (Lipinski definition) is 3. The zero-order valence-electron chi connectivity index (χ0n) is 9.21. The molecule has 4 heteroatoms. The molecule has 1 rings (SSSR count). The number of nitrogens with zero attached hydrogens (tertiary/aromatic N) is 1. The topological polar surface area (TPSA) is 52.6 Å². The number of hydrogen-bond donors (Lipinski definition) is 2. The maximum absolute atomic E-state index is 11.4. The minimum Gasteiger partial charge on any atom is -0.389 e. The predicted molar refractivity (Wildman–Crippen MR) is 55.0 cm³/mol. The van der Waals surface area contributed by atoms with Crippen LogP contribution in [0.25, 0.3) is 0 Å². The lowest BCUT2D eigenvalue weighted by Crippen LogP contribution is -2.47. The fraction of sp³-hybridized carbons (Fsp3) is 0.900. The third-order valence-corrected chi connectivity index (χ3v) is 2.46. The SMILES string of the molecule is CCN(CC(C)(C)O)C1CCNC1=O. The summed E-state index contributed by atoms with van der Waals surface area (Å²) >= 11 is 0. The number of nitrogens with one attached hydrogen (secondary N) is 1. The summed E-state index contributed by atoms with van der Waals surface area (Å²) in [5, 5.41) is 12.5. The van der Waals surface area contributed by atoms with Crippen molar-refractivity contribution in [3.8, 4) is 0 Å². The highest BCUT2D eigenvalue weighted by atomic mass is 16.3. The van der Waals surface area contributed by atoms with Crippen LogP contribution in [0.15, 0.2) is 0 Å². The molecule has 1 fully saturated rings. The molecule has 0 saturated carbocycles. The summed E-state index contributed by atoms with van der Waals surface area (Å²) in [5.41, 5.74) is -0.737. The quantitative estimate of drug-likeness (QED) is 0.670. The van der Waals surface area contributed by atoms with Crippen molar-refractivity contribution >= 4 is 5.91 Å². The molecular formula is C10H20N2O2. The van der Waals surface area contributed by atoms with Crippen molar-refractivity contribution in [2.45, 2.75) is 38.8 Å². The van der Waals surface area contributed by atoms with E-state index in [0.717, 1.165) is 19.5 Å². The van der Waals surface area contributed by atoms with Gasteiger partial charge in [0.25, 0.3) is 0 Å². The Balaban J connectivity index is 2.57. The first-order valence-electron chi connectivity index (χ1n) is 5.18. The Morgan fingerprint density at radius 2 is 2.29 bits per heavy atom. The molecule has 4 nitrogen and oxygen atoms in total. The first-order chi connectivity index (χ1) is 6.44. The minimum atomic E-state index is -0.737. The lowest BCUT2D eigenvalue weighted by molar-refractivity contribution is -0.124. The van der Waals surface area contributed by atoms with E-state index in [-0.39, 0.29) is 11.9 Å². The zero-order valence-corrected chi connectivity index (χ0v) is 9.21. The van der Waals surface area contributed by atoms with Gasteiger partial charge in [-0.05, 0) is 26.8 Å². The van der Waals surface area contributed by atoms with Gasteiger partial charge in [0.15, 0.2) is 0 Å². The number of rotatable bonds is 4. The Labute approximate surface area is 85.3 Å². The van der Waals surface area contributed by atoms with Gasteiger partial charge in [-0.1, -0.05) is 6.92 Å². The minimum absolute atomic E-state index is 0.0496. The van der Waals surface area contributed by atoms with E-state index in [0.29, 0.717) is 6.54 Å². The largest absolute Gasteiger partial charge is 0.389 e. The molecule has 1 amide bonds. The highest BCUT2D eigenvalue weighted by Gasteiger charge is 2.31. The van der Waals surface area contributed by atoms with Crippen molar-refractivity contribution in [3.05, 3.63) is 0 Å². The fourth-order valence-electron chi connectivity index (χ4n) is 1.87. The maximum Gasteiger partial charge on any atom is 0.237 e. The molecule has 0 bridgehead atoms. The van der Waals surface area contributed by atoms with Gasteiger partial charge in [0.05, 0.1) is 11.6 Å². The summed E-state index contributed by atoms with van der Waals surface area (Å²) in [7, 11) is 0.